The van der Waals surface area contributed by atoms with Crippen LogP contribution in [0.2, 0.25) is 0 Å². The molecular formula is C12H12F3NO4S. The number of nitrogens with zero attached hydrogens (tertiary/aromatic N) is 1. The van der Waals surface area contributed by atoms with Gasteiger partial charge in [-0.1, -0.05) is 12.1 Å². The Bertz CT molecular complexity index is 657. The molecule has 0 unspecified atom stereocenters. The second kappa shape index (κ2) is 5.30. The largest absolute Gasteiger partial charge is 0.481 e. The Morgan fingerprint density at radius 1 is 1.29 bits per heavy atom. The topological polar surface area (TPSA) is 74.7 Å². The fourth-order valence-electron chi connectivity index (χ4n) is 2.21. The molecule has 0 amide bonds. The fraction of sp³-hybridized carbons (Fsp3) is 0.417. The van der Waals surface area contributed by atoms with Gasteiger partial charge in [-0.05, 0) is 18.6 Å². The van der Waals surface area contributed by atoms with Crippen molar-refractivity contribution in [3.05, 3.63) is 29.8 Å². The summed E-state index contributed by atoms with van der Waals surface area (Å²) < 4.78 is 64.1. The Morgan fingerprint density at radius 2 is 1.90 bits per heavy atom. The standard InChI is InChI=1S/C12H12F3NO4S/c13-12(14,15)9-3-1-2-4-10(9)21(19,20)16-6-5-8(7-16)11(17)18/h1-4,8H,5-7H2,(H,17,18)/t8-/m0/s1. The van der Waals surface area contributed by atoms with Crippen molar-refractivity contribution in [3.8, 4) is 0 Å². The van der Waals surface area contributed by atoms with E-state index in [2.05, 4.69) is 0 Å². The Hall–Kier alpha value is -1.61. The normalized spacial score (nSPS) is 20.6. The van der Waals surface area contributed by atoms with Crippen LogP contribution in [0.1, 0.15) is 12.0 Å². The third-order valence-electron chi connectivity index (χ3n) is 3.31. The Balaban J connectivity index is 2.40. The maximum Gasteiger partial charge on any atom is 0.417 e. The molecule has 1 aromatic carbocycles. The molecule has 0 radical (unpaired) electrons. The van der Waals surface area contributed by atoms with Gasteiger partial charge >= 0.3 is 12.1 Å². The molecule has 1 aromatic rings. The molecule has 5 nitrogen and oxygen atoms in total. The predicted molar refractivity (Wildman–Crippen MR) is 65.9 cm³/mol. The third kappa shape index (κ3) is 3.03. The molecule has 0 aromatic heterocycles. The highest BCUT2D eigenvalue weighted by atomic mass is 32.2. The van der Waals surface area contributed by atoms with E-state index in [4.69, 9.17) is 5.11 Å². The first kappa shape index (κ1) is 15.8. The minimum Gasteiger partial charge on any atom is -0.481 e. The molecular weight excluding hydrogens is 311 g/mol. The molecule has 0 bridgehead atoms. The van der Waals surface area contributed by atoms with Crippen LogP contribution < -0.4 is 0 Å². The van der Waals surface area contributed by atoms with Crippen molar-refractivity contribution >= 4 is 16.0 Å². The molecule has 21 heavy (non-hydrogen) atoms. The predicted octanol–water partition coefficient (Wildman–Crippen LogP) is 1.80. The Labute approximate surface area is 119 Å². The molecule has 0 aliphatic carbocycles. The van der Waals surface area contributed by atoms with Gasteiger partial charge in [0.05, 0.1) is 16.4 Å². The summed E-state index contributed by atoms with van der Waals surface area (Å²) in [6, 6.07) is 3.88. The zero-order valence-electron chi connectivity index (χ0n) is 10.7. The third-order valence-corrected chi connectivity index (χ3v) is 5.23. The monoisotopic (exact) mass is 323 g/mol. The first-order chi connectivity index (χ1) is 9.64. The van der Waals surface area contributed by atoms with E-state index in [0.717, 1.165) is 16.4 Å². The zero-order chi connectivity index (χ0) is 15.8. The molecule has 1 atom stereocenters. The lowest BCUT2D eigenvalue weighted by Crippen LogP contribution is -2.31. The highest BCUT2D eigenvalue weighted by Crippen LogP contribution is 2.36. The van der Waals surface area contributed by atoms with Gasteiger partial charge < -0.3 is 5.11 Å². The molecule has 1 fully saturated rings. The van der Waals surface area contributed by atoms with E-state index in [1.54, 1.807) is 0 Å². The van der Waals surface area contributed by atoms with Crippen LogP contribution in [0.15, 0.2) is 29.2 Å². The Morgan fingerprint density at radius 3 is 2.43 bits per heavy atom. The van der Waals surface area contributed by atoms with Crippen LogP contribution in [0.5, 0.6) is 0 Å². The van der Waals surface area contributed by atoms with Crippen LogP contribution in [-0.4, -0.2) is 36.9 Å². The van der Waals surface area contributed by atoms with Crippen molar-refractivity contribution in [3.63, 3.8) is 0 Å². The summed E-state index contributed by atoms with van der Waals surface area (Å²) in [7, 11) is -4.37. The van der Waals surface area contributed by atoms with Gasteiger partial charge in [-0.25, -0.2) is 8.42 Å². The van der Waals surface area contributed by atoms with Crippen LogP contribution in [0, 0.1) is 5.92 Å². The maximum atomic E-state index is 12.9. The van der Waals surface area contributed by atoms with E-state index in [1.807, 2.05) is 0 Å². The number of halogens is 3. The quantitative estimate of drug-likeness (QED) is 0.920. The van der Waals surface area contributed by atoms with Crippen molar-refractivity contribution in [1.29, 1.82) is 0 Å². The second-order valence-corrected chi connectivity index (χ2v) is 6.59. The number of rotatable bonds is 3. The molecule has 1 N–H and O–H groups in total. The minimum atomic E-state index is -4.80. The zero-order valence-corrected chi connectivity index (χ0v) is 11.5. The van der Waals surface area contributed by atoms with Gasteiger partial charge in [0.2, 0.25) is 10.0 Å². The van der Waals surface area contributed by atoms with Gasteiger partial charge in [-0.3, -0.25) is 4.79 Å². The van der Waals surface area contributed by atoms with Crippen LogP contribution in [0.3, 0.4) is 0 Å². The molecule has 0 spiro atoms. The van der Waals surface area contributed by atoms with Gasteiger partial charge in [0, 0.05) is 13.1 Å². The van der Waals surface area contributed by atoms with Crippen molar-refractivity contribution in [2.24, 2.45) is 5.92 Å². The molecule has 0 saturated carbocycles. The van der Waals surface area contributed by atoms with Gasteiger partial charge in [0.15, 0.2) is 0 Å². The van der Waals surface area contributed by atoms with Crippen molar-refractivity contribution in [1.82, 2.24) is 4.31 Å². The van der Waals surface area contributed by atoms with Crippen molar-refractivity contribution in [2.45, 2.75) is 17.5 Å². The van der Waals surface area contributed by atoms with E-state index in [0.29, 0.717) is 6.07 Å². The first-order valence-electron chi connectivity index (χ1n) is 6.03. The molecule has 9 heteroatoms. The van der Waals surface area contributed by atoms with Gasteiger partial charge in [0.1, 0.15) is 0 Å². The maximum absolute atomic E-state index is 12.9. The number of alkyl halides is 3. The minimum absolute atomic E-state index is 0.0861. The lowest BCUT2D eigenvalue weighted by Gasteiger charge is -2.19. The summed E-state index contributed by atoms with van der Waals surface area (Å²) in [6.07, 6.45) is -4.71. The number of carboxylic acid groups (broad SMARTS) is 1. The highest BCUT2D eigenvalue weighted by Gasteiger charge is 2.41. The Kier molecular flexibility index (Phi) is 3.98. The number of sulfonamides is 1. The summed E-state index contributed by atoms with van der Waals surface area (Å²) in [6.45, 7) is -0.421. The molecule has 1 saturated heterocycles. The molecule has 2 rings (SSSR count). The van der Waals surface area contributed by atoms with Crippen molar-refractivity contribution < 1.29 is 31.5 Å². The van der Waals surface area contributed by atoms with Crippen LogP contribution in [0.4, 0.5) is 13.2 Å². The molecule has 116 valence electrons. The average molecular weight is 323 g/mol. The number of benzene rings is 1. The SMILES string of the molecule is O=C(O)[C@H]1CCN(S(=O)(=O)c2ccccc2C(F)(F)F)C1. The number of carboxylic acids is 1. The lowest BCUT2D eigenvalue weighted by molar-refractivity contribution is -0.141. The van der Waals surface area contributed by atoms with Crippen LogP contribution in [-0.2, 0) is 21.0 Å². The number of aliphatic carboxylic acids is 1. The molecule has 1 aliphatic rings. The number of carbonyl (C=O) groups is 1. The van der Waals surface area contributed by atoms with Gasteiger partial charge in [-0.2, -0.15) is 17.5 Å². The van der Waals surface area contributed by atoms with E-state index in [9.17, 15) is 26.4 Å². The van der Waals surface area contributed by atoms with Crippen molar-refractivity contribution in [2.75, 3.05) is 13.1 Å². The summed E-state index contributed by atoms with van der Waals surface area (Å²) in [5, 5.41) is 8.85. The summed E-state index contributed by atoms with van der Waals surface area (Å²) >= 11 is 0. The number of hydrogen-bond acceptors (Lipinski definition) is 3. The summed E-state index contributed by atoms with van der Waals surface area (Å²) in [5.74, 6) is -2.05. The smallest absolute Gasteiger partial charge is 0.417 e. The lowest BCUT2D eigenvalue weighted by atomic mass is 10.1. The van der Waals surface area contributed by atoms with Crippen LogP contribution >= 0.6 is 0 Å². The highest BCUT2D eigenvalue weighted by molar-refractivity contribution is 7.89. The van der Waals surface area contributed by atoms with Gasteiger partial charge in [0.25, 0.3) is 0 Å². The summed E-state index contributed by atoms with van der Waals surface area (Å²) in [5.41, 5.74) is -1.25. The van der Waals surface area contributed by atoms with E-state index in [1.165, 1.54) is 6.07 Å². The molecule has 1 aliphatic heterocycles. The van der Waals surface area contributed by atoms with E-state index >= 15 is 0 Å². The fourth-order valence-corrected chi connectivity index (χ4v) is 3.93. The van der Waals surface area contributed by atoms with Gasteiger partial charge in [-0.15, -0.1) is 0 Å². The average Bonchev–Trinajstić information content (AvgIpc) is 2.88. The first-order valence-corrected chi connectivity index (χ1v) is 7.47. The molecule has 1 heterocycles. The van der Waals surface area contributed by atoms with Crippen LogP contribution in [0.25, 0.3) is 0 Å². The summed E-state index contributed by atoms with van der Waals surface area (Å²) in [4.78, 5) is 9.99. The number of hydrogen-bond donors (Lipinski definition) is 1. The second-order valence-electron chi connectivity index (χ2n) is 4.68. The van der Waals surface area contributed by atoms with E-state index in [-0.39, 0.29) is 19.5 Å². The van der Waals surface area contributed by atoms with E-state index < -0.39 is 38.5 Å².